The maximum atomic E-state index is 12.5. The van der Waals surface area contributed by atoms with Gasteiger partial charge in [-0.15, -0.1) is 24.0 Å². The molecule has 1 aromatic carbocycles. The number of hydrogen-bond donors (Lipinski definition) is 2. The molecule has 2 rings (SSSR count). The van der Waals surface area contributed by atoms with Crippen LogP contribution in [-0.4, -0.2) is 58.6 Å². The van der Waals surface area contributed by atoms with Crippen molar-refractivity contribution in [2.75, 3.05) is 33.8 Å². The molecule has 0 spiro atoms. The van der Waals surface area contributed by atoms with E-state index in [9.17, 15) is 8.42 Å². The molecule has 2 N–H and O–H groups in total. The van der Waals surface area contributed by atoms with Crippen LogP contribution in [0.3, 0.4) is 0 Å². The second kappa shape index (κ2) is 14.2. The number of nitrogens with one attached hydrogen (secondary N) is 2. The fourth-order valence-corrected chi connectivity index (χ4v) is 4.46. The molecule has 7 nitrogen and oxygen atoms in total. The zero-order chi connectivity index (χ0) is 21.1. The summed E-state index contributed by atoms with van der Waals surface area (Å²) in [5, 5.41) is 6.52. The number of guanidine groups is 1. The van der Waals surface area contributed by atoms with Gasteiger partial charge in [-0.25, -0.2) is 17.7 Å². The van der Waals surface area contributed by atoms with Gasteiger partial charge in [-0.2, -0.15) is 0 Å². The predicted molar refractivity (Wildman–Crippen MR) is 133 cm³/mol. The van der Waals surface area contributed by atoms with Gasteiger partial charge < -0.3 is 15.4 Å². The summed E-state index contributed by atoms with van der Waals surface area (Å²) in [6, 6.07) is 7.01. The van der Waals surface area contributed by atoms with Gasteiger partial charge in [0.1, 0.15) is 0 Å². The van der Waals surface area contributed by atoms with Crippen LogP contribution >= 0.6 is 24.0 Å². The van der Waals surface area contributed by atoms with Crippen LogP contribution in [0.5, 0.6) is 0 Å². The SMILES string of the molecule is CCNC(=NCc1ccccc1S(=O)(=O)N(C)C)NCCCOC1CCCCC1.I. The van der Waals surface area contributed by atoms with Gasteiger partial charge >= 0.3 is 0 Å². The van der Waals surface area contributed by atoms with Crippen molar-refractivity contribution < 1.29 is 13.2 Å². The second-order valence-corrected chi connectivity index (χ2v) is 9.62. The summed E-state index contributed by atoms with van der Waals surface area (Å²) < 4.78 is 32.2. The fourth-order valence-electron chi connectivity index (χ4n) is 3.35. The van der Waals surface area contributed by atoms with E-state index in [0.29, 0.717) is 22.5 Å². The molecule has 172 valence electrons. The van der Waals surface area contributed by atoms with E-state index in [0.717, 1.165) is 26.1 Å². The van der Waals surface area contributed by atoms with Crippen molar-refractivity contribution in [1.82, 2.24) is 14.9 Å². The van der Waals surface area contributed by atoms with Gasteiger partial charge in [0.05, 0.1) is 17.5 Å². The highest BCUT2D eigenvalue weighted by molar-refractivity contribution is 14.0. The summed E-state index contributed by atoms with van der Waals surface area (Å²) in [5.41, 5.74) is 0.680. The highest BCUT2D eigenvalue weighted by Gasteiger charge is 2.20. The number of benzene rings is 1. The maximum Gasteiger partial charge on any atom is 0.242 e. The highest BCUT2D eigenvalue weighted by Crippen LogP contribution is 2.20. The quantitative estimate of drug-likeness (QED) is 0.201. The van der Waals surface area contributed by atoms with Crippen LogP contribution in [0.1, 0.15) is 51.0 Å². The zero-order valence-electron chi connectivity index (χ0n) is 18.4. The molecule has 0 amide bonds. The van der Waals surface area contributed by atoms with Crippen molar-refractivity contribution in [3.63, 3.8) is 0 Å². The smallest absolute Gasteiger partial charge is 0.242 e. The monoisotopic (exact) mass is 552 g/mol. The van der Waals surface area contributed by atoms with Crippen molar-refractivity contribution in [2.45, 2.75) is 63.0 Å². The number of rotatable bonds is 10. The number of sulfonamides is 1. The van der Waals surface area contributed by atoms with Crippen molar-refractivity contribution in [1.29, 1.82) is 0 Å². The first-order chi connectivity index (χ1) is 13.9. The van der Waals surface area contributed by atoms with Crippen molar-refractivity contribution >= 4 is 40.0 Å². The predicted octanol–water partition coefficient (Wildman–Crippen LogP) is 3.35. The lowest BCUT2D eigenvalue weighted by Crippen LogP contribution is -2.38. The van der Waals surface area contributed by atoms with Crippen LogP contribution in [0.4, 0.5) is 0 Å². The zero-order valence-corrected chi connectivity index (χ0v) is 21.5. The molecule has 1 aliphatic carbocycles. The standard InChI is InChI=1S/C21H36N4O3S.HI/c1-4-22-21(23-15-10-16-28-19-12-6-5-7-13-19)24-17-18-11-8-9-14-20(18)29(26,27)25(2)3;/h8-9,11,14,19H,4-7,10,12-13,15-17H2,1-3H3,(H2,22,23,24);1H. The molecule has 30 heavy (non-hydrogen) atoms. The first kappa shape index (κ1) is 27.1. The Hall–Kier alpha value is -0.910. The molecule has 0 unspecified atom stereocenters. The molecule has 0 saturated heterocycles. The van der Waals surface area contributed by atoms with Gasteiger partial charge in [0, 0.05) is 33.8 Å². The summed E-state index contributed by atoms with van der Waals surface area (Å²) in [7, 11) is -0.420. The van der Waals surface area contributed by atoms with Gasteiger partial charge in [-0.1, -0.05) is 37.5 Å². The minimum absolute atomic E-state index is 0. The summed E-state index contributed by atoms with van der Waals surface area (Å²) in [6.45, 7) is 4.55. The molecule has 9 heteroatoms. The van der Waals surface area contributed by atoms with Crippen molar-refractivity contribution in [3.8, 4) is 0 Å². The summed E-state index contributed by atoms with van der Waals surface area (Å²) >= 11 is 0. The number of ether oxygens (including phenoxy) is 1. The Bertz CT molecular complexity index is 750. The Morgan fingerprint density at radius 3 is 2.53 bits per heavy atom. The molecule has 1 aromatic rings. The highest BCUT2D eigenvalue weighted by atomic mass is 127. The van der Waals surface area contributed by atoms with Crippen LogP contribution < -0.4 is 10.6 Å². The summed E-state index contributed by atoms with van der Waals surface area (Å²) in [5.74, 6) is 0.683. The first-order valence-corrected chi connectivity index (χ1v) is 12.0. The van der Waals surface area contributed by atoms with Crippen LogP contribution in [0.25, 0.3) is 0 Å². The molecule has 0 aliphatic heterocycles. The lowest BCUT2D eigenvalue weighted by Gasteiger charge is -2.22. The Balaban J connectivity index is 0.00000450. The first-order valence-electron chi connectivity index (χ1n) is 10.6. The van der Waals surface area contributed by atoms with E-state index in [1.165, 1.54) is 50.5 Å². The van der Waals surface area contributed by atoms with Crippen molar-refractivity contribution in [2.24, 2.45) is 4.99 Å². The molecule has 0 atom stereocenters. The van der Waals surface area contributed by atoms with Crippen LogP contribution in [-0.2, 0) is 21.3 Å². The van der Waals surface area contributed by atoms with Gasteiger partial charge in [0.15, 0.2) is 5.96 Å². The molecule has 0 bridgehead atoms. The molecule has 0 aromatic heterocycles. The van der Waals surface area contributed by atoms with Gasteiger partial charge in [-0.05, 0) is 37.8 Å². The number of aliphatic imine (C=N–C) groups is 1. The van der Waals surface area contributed by atoms with Gasteiger partial charge in [0.25, 0.3) is 0 Å². The largest absolute Gasteiger partial charge is 0.378 e. The maximum absolute atomic E-state index is 12.5. The summed E-state index contributed by atoms with van der Waals surface area (Å²) in [4.78, 5) is 4.87. The Kier molecular flexibility index (Phi) is 12.8. The van der Waals surface area contributed by atoms with Crippen LogP contribution in [0.15, 0.2) is 34.2 Å². The average molecular weight is 553 g/mol. The van der Waals surface area contributed by atoms with Crippen LogP contribution in [0, 0.1) is 0 Å². The molecule has 1 saturated carbocycles. The van der Waals surface area contributed by atoms with Gasteiger partial charge in [0.2, 0.25) is 10.0 Å². The van der Waals surface area contributed by atoms with E-state index in [4.69, 9.17) is 4.74 Å². The van der Waals surface area contributed by atoms with E-state index in [2.05, 4.69) is 15.6 Å². The van der Waals surface area contributed by atoms with E-state index >= 15 is 0 Å². The molecular formula is C21H37IN4O3S. The third-order valence-electron chi connectivity index (χ3n) is 5.00. The average Bonchev–Trinajstić information content (AvgIpc) is 2.72. The lowest BCUT2D eigenvalue weighted by atomic mass is 9.98. The van der Waals surface area contributed by atoms with E-state index in [1.54, 1.807) is 12.1 Å². The van der Waals surface area contributed by atoms with E-state index in [1.807, 2.05) is 19.1 Å². The van der Waals surface area contributed by atoms with Gasteiger partial charge in [-0.3, -0.25) is 0 Å². The van der Waals surface area contributed by atoms with Crippen molar-refractivity contribution in [3.05, 3.63) is 29.8 Å². The number of halogens is 1. The minimum Gasteiger partial charge on any atom is -0.378 e. The summed E-state index contributed by atoms with van der Waals surface area (Å²) in [6.07, 6.45) is 7.62. The van der Waals surface area contributed by atoms with E-state index in [-0.39, 0.29) is 30.5 Å². The van der Waals surface area contributed by atoms with E-state index < -0.39 is 10.0 Å². The lowest BCUT2D eigenvalue weighted by molar-refractivity contribution is 0.0277. The molecule has 1 aliphatic rings. The Morgan fingerprint density at radius 2 is 1.87 bits per heavy atom. The normalized spacial score (nSPS) is 15.7. The van der Waals surface area contributed by atoms with Crippen LogP contribution in [0.2, 0.25) is 0 Å². The molecule has 1 fully saturated rings. The third kappa shape index (κ3) is 8.68. The molecule has 0 heterocycles. The minimum atomic E-state index is -3.50. The third-order valence-corrected chi connectivity index (χ3v) is 6.92. The Labute approximate surface area is 199 Å². The topological polar surface area (TPSA) is 83.0 Å². The fraction of sp³-hybridized carbons (Fsp3) is 0.667. The Morgan fingerprint density at radius 1 is 1.17 bits per heavy atom. The molecule has 0 radical (unpaired) electrons. The second-order valence-electron chi connectivity index (χ2n) is 7.50. The molecular weight excluding hydrogens is 515 g/mol. The number of nitrogens with zero attached hydrogens (tertiary/aromatic N) is 2. The number of hydrogen-bond acceptors (Lipinski definition) is 4.